The number of benzene rings is 1. The van der Waals surface area contributed by atoms with Gasteiger partial charge in [0.1, 0.15) is 6.10 Å². The smallest absolute Gasteiger partial charge is 0.414 e. The summed E-state index contributed by atoms with van der Waals surface area (Å²) < 4.78 is 5.52. The van der Waals surface area contributed by atoms with Crippen LogP contribution in [0.25, 0.3) is 0 Å². The van der Waals surface area contributed by atoms with E-state index in [9.17, 15) is 4.79 Å². The molecule has 26 heavy (non-hydrogen) atoms. The second-order valence-corrected chi connectivity index (χ2v) is 5.55. The largest absolute Gasteiger partial charge is 0.473 e. The van der Waals surface area contributed by atoms with Crippen LogP contribution in [0.1, 0.15) is 30.0 Å². The summed E-state index contributed by atoms with van der Waals surface area (Å²) in [5.41, 5.74) is 3.05. The molecule has 1 aromatic carbocycles. The lowest BCUT2D eigenvalue weighted by atomic mass is 10.1. The van der Waals surface area contributed by atoms with E-state index in [0.29, 0.717) is 13.1 Å². The van der Waals surface area contributed by atoms with Gasteiger partial charge >= 0.3 is 18.0 Å². The third kappa shape index (κ3) is 5.07. The van der Waals surface area contributed by atoms with E-state index < -0.39 is 11.9 Å². The summed E-state index contributed by atoms with van der Waals surface area (Å²) in [6.07, 6.45) is 1.94. The first kappa shape index (κ1) is 19.0. The molecular formula is C17H19N3O6. The molecule has 1 aromatic heterocycles. The number of nitrogens with one attached hydrogen (secondary N) is 1. The van der Waals surface area contributed by atoms with Gasteiger partial charge in [0.15, 0.2) is 0 Å². The number of ether oxygens (including phenoxy) is 1. The lowest BCUT2D eigenvalue weighted by Crippen LogP contribution is -2.36. The fourth-order valence-electron chi connectivity index (χ4n) is 2.38. The molecule has 138 valence electrons. The molecule has 0 fully saturated rings. The molecule has 1 aliphatic heterocycles. The van der Waals surface area contributed by atoms with E-state index in [2.05, 4.69) is 9.97 Å². The van der Waals surface area contributed by atoms with Crippen LogP contribution in [0.4, 0.5) is 4.79 Å². The molecule has 0 bridgehead atoms. The summed E-state index contributed by atoms with van der Waals surface area (Å²) in [6.45, 7) is 3.06. The maximum absolute atomic E-state index is 12.2. The van der Waals surface area contributed by atoms with Crippen molar-refractivity contribution >= 4 is 18.0 Å². The quantitative estimate of drug-likeness (QED) is 0.695. The molecule has 1 unspecified atom stereocenters. The van der Waals surface area contributed by atoms with Gasteiger partial charge < -0.3 is 24.8 Å². The molecule has 0 aliphatic carbocycles. The number of rotatable bonds is 2. The summed E-state index contributed by atoms with van der Waals surface area (Å²) in [5, 5.41) is 14.8. The summed E-state index contributed by atoms with van der Waals surface area (Å²) in [5.74, 6) is -3.65. The number of imidazole rings is 1. The number of fused-ring (bicyclic) bond motifs is 1. The van der Waals surface area contributed by atoms with E-state index in [1.165, 1.54) is 0 Å². The molecule has 1 atom stereocenters. The van der Waals surface area contributed by atoms with Gasteiger partial charge in [0.2, 0.25) is 0 Å². The lowest BCUT2D eigenvalue weighted by Gasteiger charge is -2.27. The number of carboxylic acids is 2. The molecule has 9 heteroatoms. The van der Waals surface area contributed by atoms with Crippen LogP contribution in [-0.2, 0) is 27.3 Å². The number of carbonyl (C=O) groups excluding carboxylic acids is 1. The van der Waals surface area contributed by atoms with Gasteiger partial charge in [-0.2, -0.15) is 0 Å². The van der Waals surface area contributed by atoms with Crippen LogP contribution in [0.15, 0.2) is 36.7 Å². The highest BCUT2D eigenvalue weighted by molar-refractivity contribution is 6.27. The molecule has 3 rings (SSSR count). The van der Waals surface area contributed by atoms with Crippen molar-refractivity contribution in [1.82, 2.24) is 14.9 Å². The molecule has 3 N–H and O–H groups in total. The van der Waals surface area contributed by atoms with Crippen LogP contribution in [0.2, 0.25) is 0 Å². The van der Waals surface area contributed by atoms with Gasteiger partial charge in [-0.05, 0) is 12.5 Å². The Morgan fingerprint density at radius 3 is 2.46 bits per heavy atom. The average Bonchev–Trinajstić information content (AvgIpc) is 3.10. The molecule has 0 spiro atoms. The number of aliphatic carboxylic acids is 2. The van der Waals surface area contributed by atoms with Gasteiger partial charge in [-0.1, -0.05) is 30.3 Å². The Bertz CT molecular complexity index is 762. The van der Waals surface area contributed by atoms with Crippen LogP contribution >= 0.6 is 0 Å². The topological polar surface area (TPSA) is 133 Å². The van der Waals surface area contributed by atoms with E-state index in [1.54, 1.807) is 11.2 Å². The predicted molar refractivity (Wildman–Crippen MR) is 89.3 cm³/mol. The van der Waals surface area contributed by atoms with Crippen LogP contribution in [0.3, 0.4) is 0 Å². The fourth-order valence-corrected chi connectivity index (χ4v) is 2.38. The normalized spacial score (nSPS) is 13.7. The number of hydrogen-bond donors (Lipinski definition) is 3. The van der Waals surface area contributed by atoms with Crippen molar-refractivity contribution in [2.45, 2.75) is 26.0 Å². The number of carboxylic acid groups (broad SMARTS) is 2. The maximum Gasteiger partial charge on any atom is 0.414 e. The van der Waals surface area contributed by atoms with Crippen molar-refractivity contribution in [2.24, 2.45) is 0 Å². The van der Waals surface area contributed by atoms with Crippen LogP contribution in [0, 0.1) is 0 Å². The molecule has 1 aliphatic rings. The Kier molecular flexibility index (Phi) is 6.31. The molecule has 9 nitrogen and oxygen atoms in total. The number of hydrogen-bond acceptors (Lipinski definition) is 5. The maximum atomic E-state index is 12.2. The van der Waals surface area contributed by atoms with Crippen molar-refractivity contribution in [2.75, 3.05) is 6.54 Å². The second-order valence-electron chi connectivity index (χ2n) is 5.55. The molecule has 0 radical (unpaired) electrons. The van der Waals surface area contributed by atoms with Gasteiger partial charge in [-0.3, -0.25) is 0 Å². The molecule has 1 amide bonds. The minimum absolute atomic E-state index is 0.246. The van der Waals surface area contributed by atoms with Crippen molar-refractivity contribution in [3.05, 3.63) is 53.6 Å². The Labute approximate surface area is 149 Å². The van der Waals surface area contributed by atoms with Crippen LogP contribution < -0.4 is 0 Å². The lowest BCUT2D eigenvalue weighted by molar-refractivity contribution is -0.159. The van der Waals surface area contributed by atoms with Gasteiger partial charge in [-0.25, -0.2) is 19.4 Å². The number of nitrogens with zero attached hydrogens (tertiary/aromatic N) is 2. The Morgan fingerprint density at radius 1 is 1.19 bits per heavy atom. The summed E-state index contributed by atoms with van der Waals surface area (Å²) >= 11 is 0. The van der Waals surface area contributed by atoms with Gasteiger partial charge in [-0.15, -0.1) is 0 Å². The molecule has 0 saturated heterocycles. The summed E-state index contributed by atoms with van der Waals surface area (Å²) in [4.78, 5) is 39.4. The number of carbonyl (C=O) groups is 3. The van der Waals surface area contributed by atoms with Crippen LogP contribution in [-0.4, -0.2) is 49.7 Å². The van der Waals surface area contributed by atoms with E-state index >= 15 is 0 Å². The van der Waals surface area contributed by atoms with Crippen molar-refractivity contribution < 1.29 is 29.3 Å². The van der Waals surface area contributed by atoms with Crippen LogP contribution in [0.5, 0.6) is 0 Å². The Balaban J connectivity index is 0.000000352. The Hall–Kier alpha value is -3.36. The predicted octanol–water partition coefficient (Wildman–Crippen LogP) is 1.82. The first-order valence-electron chi connectivity index (χ1n) is 7.86. The van der Waals surface area contributed by atoms with E-state index in [-0.39, 0.29) is 12.2 Å². The van der Waals surface area contributed by atoms with Gasteiger partial charge in [0.05, 0.1) is 18.6 Å². The number of aromatic amines is 1. The first-order chi connectivity index (χ1) is 12.4. The monoisotopic (exact) mass is 361 g/mol. The average molecular weight is 361 g/mol. The highest BCUT2D eigenvalue weighted by Gasteiger charge is 2.24. The number of aromatic nitrogens is 2. The highest BCUT2D eigenvalue weighted by atomic mass is 16.6. The summed E-state index contributed by atoms with van der Waals surface area (Å²) in [6, 6.07) is 9.74. The molecular weight excluding hydrogens is 342 g/mol. The third-order valence-corrected chi connectivity index (χ3v) is 3.77. The zero-order valence-corrected chi connectivity index (χ0v) is 14.1. The van der Waals surface area contributed by atoms with E-state index in [4.69, 9.17) is 24.5 Å². The SMILES string of the molecule is CC(OC(=O)N1CCc2[nH]cnc2C1)c1ccccc1.O=C(O)C(=O)O. The third-order valence-electron chi connectivity index (χ3n) is 3.77. The number of amides is 1. The van der Waals surface area contributed by atoms with Gasteiger partial charge in [0, 0.05) is 18.7 Å². The van der Waals surface area contributed by atoms with Crippen molar-refractivity contribution in [3.63, 3.8) is 0 Å². The highest BCUT2D eigenvalue weighted by Crippen LogP contribution is 2.20. The van der Waals surface area contributed by atoms with Crippen molar-refractivity contribution in [3.8, 4) is 0 Å². The van der Waals surface area contributed by atoms with E-state index in [0.717, 1.165) is 23.4 Å². The zero-order chi connectivity index (χ0) is 19.1. The number of H-pyrrole nitrogens is 1. The van der Waals surface area contributed by atoms with Crippen molar-refractivity contribution in [1.29, 1.82) is 0 Å². The standard InChI is InChI=1S/C15H17N3O2.C2H2O4/c1-11(12-5-3-2-4-6-12)20-15(19)18-8-7-13-14(9-18)17-10-16-13;3-1(4)2(5)6/h2-6,10-11H,7-9H2,1H3,(H,16,17);(H,3,4)(H,5,6). The minimum Gasteiger partial charge on any atom is -0.473 e. The minimum atomic E-state index is -1.82. The Morgan fingerprint density at radius 2 is 1.85 bits per heavy atom. The molecule has 2 aromatic rings. The first-order valence-corrected chi connectivity index (χ1v) is 7.86. The molecule has 2 heterocycles. The summed E-state index contributed by atoms with van der Waals surface area (Å²) in [7, 11) is 0. The molecule has 0 saturated carbocycles. The zero-order valence-electron chi connectivity index (χ0n) is 14.1. The van der Waals surface area contributed by atoms with Gasteiger partial charge in [0.25, 0.3) is 0 Å². The fraction of sp³-hybridized carbons (Fsp3) is 0.294. The van der Waals surface area contributed by atoms with E-state index in [1.807, 2.05) is 37.3 Å². The second kappa shape index (κ2) is 8.65.